The van der Waals surface area contributed by atoms with Gasteiger partial charge in [0.05, 0.1) is 14.2 Å². The molecule has 3 heteroatoms. The Hall–Kier alpha value is -3.33. The van der Waals surface area contributed by atoms with E-state index in [2.05, 4.69) is 24.3 Å². The number of benzene rings is 5. The molecule has 0 amide bonds. The van der Waals surface area contributed by atoms with E-state index in [4.69, 9.17) is 9.47 Å². The van der Waals surface area contributed by atoms with E-state index in [0.29, 0.717) is 11.5 Å². The molecule has 0 aliphatic heterocycles. The molecule has 0 fully saturated rings. The number of halogens is 1. The zero-order chi connectivity index (χ0) is 18.5. The summed E-state index contributed by atoms with van der Waals surface area (Å²) in [5, 5.41) is 8.48. The lowest BCUT2D eigenvalue weighted by molar-refractivity contribution is 0.356. The zero-order valence-corrected chi connectivity index (χ0v) is 15.0. The van der Waals surface area contributed by atoms with E-state index < -0.39 is 0 Å². The highest BCUT2D eigenvalue weighted by Crippen LogP contribution is 2.42. The van der Waals surface area contributed by atoms with Crippen molar-refractivity contribution in [3.05, 3.63) is 72.5 Å². The van der Waals surface area contributed by atoms with E-state index >= 15 is 0 Å². The van der Waals surface area contributed by atoms with Gasteiger partial charge in [-0.1, -0.05) is 42.5 Å². The van der Waals surface area contributed by atoms with Crippen molar-refractivity contribution >= 4 is 43.1 Å². The molecule has 2 nitrogen and oxygen atoms in total. The first-order chi connectivity index (χ1) is 13.2. The molecule has 5 aromatic carbocycles. The van der Waals surface area contributed by atoms with Gasteiger partial charge in [0.15, 0.2) is 11.5 Å². The summed E-state index contributed by atoms with van der Waals surface area (Å²) in [5.41, 5.74) is 0. The summed E-state index contributed by atoms with van der Waals surface area (Å²) in [5.74, 6) is 1.15. The molecule has 0 aliphatic carbocycles. The molecule has 0 aromatic heterocycles. The van der Waals surface area contributed by atoms with Gasteiger partial charge in [0.25, 0.3) is 0 Å². The summed E-state index contributed by atoms with van der Waals surface area (Å²) in [7, 11) is 3.27. The third kappa shape index (κ3) is 2.25. The Bertz CT molecular complexity index is 1360. The molecule has 0 heterocycles. The number of hydrogen-bond acceptors (Lipinski definition) is 2. The van der Waals surface area contributed by atoms with Crippen LogP contribution in [-0.4, -0.2) is 14.2 Å². The molecular formula is C24H17FO2. The standard InChI is InChI=1S/C24H17FO2/c1-26-22-11-14-7-9-18-16-5-3-4-6-17(16)21-12-15(25)8-10-19(21)24(18)20(14)13-23(22)27-2/h3-13H,1-2H3. The normalized spacial score (nSPS) is 11.5. The second-order valence-corrected chi connectivity index (χ2v) is 6.65. The second kappa shape index (κ2) is 5.85. The molecule has 5 rings (SSSR count). The lowest BCUT2D eigenvalue weighted by Gasteiger charge is -2.15. The van der Waals surface area contributed by atoms with Crippen LogP contribution >= 0.6 is 0 Å². The Morgan fingerprint density at radius 2 is 1.22 bits per heavy atom. The van der Waals surface area contributed by atoms with Crippen molar-refractivity contribution < 1.29 is 13.9 Å². The van der Waals surface area contributed by atoms with E-state index in [9.17, 15) is 4.39 Å². The van der Waals surface area contributed by atoms with Crippen LogP contribution < -0.4 is 9.47 Å². The van der Waals surface area contributed by atoms with Gasteiger partial charge in [-0.05, 0) is 67.4 Å². The quantitative estimate of drug-likeness (QED) is 0.338. The highest BCUT2D eigenvalue weighted by atomic mass is 19.1. The van der Waals surface area contributed by atoms with Crippen LogP contribution in [0.3, 0.4) is 0 Å². The molecule has 0 N–H and O–H groups in total. The fourth-order valence-corrected chi connectivity index (χ4v) is 4.08. The van der Waals surface area contributed by atoms with Gasteiger partial charge in [-0.3, -0.25) is 0 Å². The van der Waals surface area contributed by atoms with Crippen molar-refractivity contribution in [2.24, 2.45) is 0 Å². The predicted molar refractivity (Wildman–Crippen MR) is 110 cm³/mol. The first-order valence-electron chi connectivity index (χ1n) is 8.79. The Kier molecular flexibility index (Phi) is 3.44. The molecule has 0 radical (unpaired) electrons. The van der Waals surface area contributed by atoms with Crippen molar-refractivity contribution in [1.29, 1.82) is 0 Å². The third-order valence-corrected chi connectivity index (χ3v) is 5.28. The van der Waals surface area contributed by atoms with Crippen molar-refractivity contribution in [3.63, 3.8) is 0 Å². The van der Waals surface area contributed by atoms with E-state index in [-0.39, 0.29) is 5.82 Å². The number of hydrogen-bond donors (Lipinski definition) is 0. The fraction of sp³-hybridized carbons (Fsp3) is 0.0833. The van der Waals surface area contributed by atoms with Crippen LogP contribution in [0.4, 0.5) is 4.39 Å². The predicted octanol–water partition coefficient (Wildman–Crippen LogP) is 6.46. The zero-order valence-electron chi connectivity index (χ0n) is 15.0. The Labute approximate surface area is 155 Å². The average molecular weight is 356 g/mol. The average Bonchev–Trinajstić information content (AvgIpc) is 2.72. The smallest absolute Gasteiger partial charge is 0.161 e. The lowest BCUT2D eigenvalue weighted by atomic mass is 9.91. The van der Waals surface area contributed by atoms with Gasteiger partial charge in [0.2, 0.25) is 0 Å². The molecule has 5 aromatic rings. The third-order valence-electron chi connectivity index (χ3n) is 5.28. The number of rotatable bonds is 2. The van der Waals surface area contributed by atoms with E-state index in [1.165, 1.54) is 6.07 Å². The number of ether oxygens (including phenoxy) is 2. The van der Waals surface area contributed by atoms with Crippen LogP contribution in [0.15, 0.2) is 66.7 Å². The van der Waals surface area contributed by atoms with Crippen molar-refractivity contribution in [1.82, 2.24) is 0 Å². The molecule has 27 heavy (non-hydrogen) atoms. The lowest BCUT2D eigenvalue weighted by Crippen LogP contribution is -1.92. The topological polar surface area (TPSA) is 18.5 Å². The summed E-state index contributed by atoms with van der Waals surface area (Å²) < 4.78 is 25.0. The number of methoxy groups -OCH3 is 2. The van der Waals surface area contributed by atoms with Crippen LogP contribution in [0.5, 0.6) is 11.5 Å². The molecule has 0 bridgehead atoms. The van der Waals surface area contributed by atoms with Gasteiger partial charge in [-0.15, -0.1) is 0 Å². The van der Waals surface area contributed by atoms with E-state index in [1.807, 2.05) is 30.3 Å². The number of fused-ring (bicyclic) bond motifs is 8. The minimum atomic E-state index is -0.230. The van der Waals surface area contributed by atoms with Gasteiger partial charge in [0.1, 0.15) is 5.82 Å². The highest BCUT2D eigenvalue weighted by Gasteiger charge is 2.14. The van der Waals surface area contributed by atoms with Gasteiger partial charge in [-0.2, -0.15) is 0 Å². The maximum absolute atomic E-state index is 14.1. The first-order valence-corrected chi connectivity index (χ1v) is 8.79. The first kappa shape index (κ1) is 15.9. The maximum atomic E-state index is 14.1. The Morgan fingerprint density at radius 3 is 1.96 bits per heavy atom. The van der Waals surface area contributed by atoms with Gasteiger partial charge in [-0.25, -0.2) is 4.39 Å². The van der Waals surface area contributed by atoms with Crippen molar-refractivity contribution in [2.45, 2.75) is 0 Å². The monoisotopic (exact) mass is 356 g/mol. The molecule has 0 saturated carbocycles. The molecular weight excluding hydrogens is 339 g/mol. The molecule has 0 saturated heterocycles. The fourth-order valence-electron chi connectivity index (χ4n) is 4.08. The van der Waals surface area contributed by atoms with Crippen LogP contribution in [0.2, 0.25) is 0 Å². The van der Waals surface area contributed by atoms with Crippen molar-refractivity contribution in [3.8, 4) is 11.5 Å². The van der Waals surface area contributed by atoms with Crippen LogP contribution in [0, 0.1) is 5.82 Å². The molecule has 0 unspecified atom stereocenters. The minimum absolute atomic E-state index is 0.230. The molecule has 0 aliphatic rings. The van der Waals surface area contributed by atoms with Crippen LogP contribution in [0.25, 0.3) is 43.1 Å². The van der Waals surface area contributed by atoms with E-state index in [1.54, 1.807) is 20.3 Å². The molecule has 132 valence electrons. The second-order valence-electron chi connectivity index (χ2n) is 6.65. The van der Waals surface area contributed by atoms with Gasteiger partial charge >= 0.3 is 0 Å². The summed E-state index contributed by atoms with van der Waals surface area (Å²) in [4.78, 5) is 0. The summed E-state index contributed by atoms with van der Waals surface area (Å²) >= 11 is 0. The SMILES string of the molecule is COc1cc2ccc3c4ccccc4c4cc(F)ccc4c3c2cc1OC. The Morgan fingerprint density at radius 1 is 0.593 bits per heavy atom. The summed E-state index contributed by atoms with van der Waals surface area (Å²) in [6.45, 7) is 0. The van der Waals surface area contributed by atoms with Gasteiger partial charge in [0, 0.05) is 0 Å². The highest BCUT2D eigenvalue weighted by molar-refractivity contribution is 6.31. The van der Waals surface area contributed by atoms with Crippen molar-refractivity contribution in [2.75, 3.05) is 14.2 Å². The molecule has 0 atom stereocenters. The summed E-state index contributed by atoms with van der Waals surface area (Å²) in [6.07, 6.45) is 0. The maximum Gasteiger partial charge on any atom is 0.161 e. The van der Waals surface area contributed by atoms with Crippen LogP contribution in [0.1, 0.15) is 0 Å². The van der Waals surface area contributed by atoms with Crippen LogP contribution in [-0.2, 0) is 0 Å². The largest absolute Gasteiger partial charge is 0.493 e. The minimum Gasteiger partial charge on any atom is -0.493 e. The van der Waals surface area contributed by atoms with E-state index in [0.717, 1.165) is 43.1 Å². The molecule has 0 spiro atoms. The summed E-state index contributed by atoms with van der Waals surface area (Å²) in [6, 6.07) is 21.4. The Balaban J connectivity index is 2.10. The van der Waals surface area contributed by atoms with Gasteiger partial charge < -0.3 is 9.47 Å².